The fourth-order valence-electron chi connectivity index (χ4n) is 9.82. The fourth-order valence-corrected chi connectivity index (χ4v) is 9.82. The van der Waals surface area contributed by atoms with Crippen LogP contribution in [0.5, 0.6) is 0 Å². The van der Waals surface area contributed by atoms with Crippen molar-refractivity contribution in [2.45, 2.75) is 5.41 Å². The second-order valence-corrected chi connectivity index (χ2v) is 14.3. The third kappa shape index (κ3) is 3.48. The van der Waals surface area contributed by atoms with Crippen LogP contribution in [0, 0.1) is 0 Å². The van der Waals surface area contributed by atoms with Gasteiger partial charge < -0.3 is 4.42 Å². The molecule has 0 amide bonds. The first-order valence-electron chi connectivity index (χ1n) is 18.1. The minimum absolute atomic E-state index is 0.451. The van der Waals surface area contributed by atoms with E-state index in [0.717, 1.165) is 27.3 Å². The van der Waals surface area contributed by atoms with Crippen molar-refractivity contribution in [3.05, 3.63) is 204 Å². The quantitative estimate of drug-likeness (QED) is 0.180. The minimum Gasteiger partial charge on any atom is -0.455 e. The van der Waals surface area contributed by atoms with Crippen LogP contribution in [-0.4, -0.2) is 0 Å². The molecule has 1 heterocycles. The van der Waals surface area contributed by atoms with Crippen LogP contribution in [0.1, 0.15) is 22.3 Å². The highest BCUT2D eigenvalue weighted by Crippen LogP contribution is 2.64. The van der Waals surface area contributed by atoms with E-state index in [1.165, 1.54) is 82.9 Å². The van der Waals surface area contributed by atoms with Gasteiger partial charge in [-0.1, -0.05) is 164 Å². The van der Waals surface area contributed by atoms with Crippen molar-refractivity contribution < 1.29 is 4.42 Å². The Morgan fingerprint density at radius 3 is 1.87 bits per heavy atom. The molecule has 0 saturated carbocycles. The molecular formula is C51H30O. The highest BCUT2D eigenvalue weighted by atomic mass is 16.3. The van der Waals surface area contributed by atoms with Gasteiger partial charge in [-0.3, -0.25) is 0 Å². The Balaban J connectivity index is 1.19. The molecule has 0 fully saturated rings. The molecule has 12 rings (SSSR count). The first kappa shape index (κ1) is 28.0. The molecule has 0 saturated heterocycles. The molecule has 10 aromatic rings. The molecule has 0 aliphatic heterocycles. The molecule has 1 heteroatoms. The van der Waals surface area contributed by atoms with Crippen molar-refractivity contribution in [1.29, 1.82) is 0 Å². The molecule has 0 radical (unpaired) electrons. The zero-order valence-electron chi connectivity index (χ0n) is 28.2. The second kappa shape index (κ2) is 10.2. The summed E-state index contributed by atoms with van der Waals surface area (Å²) >= 11 is 0. The maximum Gasteiger partial charge on any atom is 0.143 e. The van der Waals surface area contributed by atoms with Gasteiger partial charge in [0.2, 0.25) is 0 Å². The number of hydrogen-bond donors (Lipinski definition) is 0. The summed E-state index contributed by atoms with van der Waals surface area (Å²) in [6, 6.07) is 67.2. The van der Waals surface area contributed by atoms with Gasteiger partial charge in [0.1, 0.15) is 11.2 Å². The smallest absolute Gasteiger partial charge is 0.143 e. The first-order valence-corrected chi connectivity index (χ1v) is 18.1. The Kier molecular flexibility index (Phi) is 5.49. The average Bonchev–Trinajstić information content (AvgIpc) is 3.85. The number of furan rings is 1. The number of rotatable bonds is 2. The van der Waals surface area contributed by atoms with E-state index in [1.54, 1.807) is 0 Å². The Bertz CT molecular complexity index is 3080. The molecule has 0 unspecified atom stereocenters. The lowest BCUT2D eigenvalue weighted by atomic mass is 9.70. The van der Waals surface area contributed by atoms with E-state index >= 15 is 0 Å². The van der Waals surface area contributed by atoms with E-state index in [2.05, 4.69) is 182 Å². The summed E-state index contributed by atoms with van der Waals surface area (Å²) in [5.74, 6) is 0. The van der Waals surface area contributed by atoms with Crippen LogP contribution < -0.4 is 0 Å². The summed E-state index contributed by atoms with van der Waals surface area (Å²) in [5.41, 5.74) is 17.0. The maximum atomic E-state index is 6.65. The molecule has 2 aliphatic carbocycles. The summed E-state index contributed by atoms with van der Waals surface area (Å²) in [5, 5.41) is 7.22. The average molecular weight is 659 g/mol. The van der Waals surface area contributed by atoms with E-state index in [1.807, 2.05) is 0 Å². The molecular weight excluding hydrogens is 629 g/mol. The van der Waals surface area contributed by atoms with Crippen LogP contribution in [0.2, 0.25) is 0 Å². The molecule has 0 atom stereocenters. The molecule has 1 aromatic heterocycles. The van der Waals surface area contributed by atoms with Crippen LogP contribution in [-0.2, 0) is 5.41 Å². The molecule has 0 N–H and O–H groups in total. The number of hydrogen-bond acceptors (Lipinski definition) is 1. The van der Waals surface area contributed by atoms with E-state index < -0.39 is 5.41 Å². The normalized spacial score (nSPS) is 13.5. The predicted octanol–water partition coefficient (Wildman–Crippen LogP) is 13.6. The van der Waals surface area contributed by atoms with E-state index in [4.69, 9.17) is 4.42 Å². The summed E-state index contributed by atoms with van der Waals surface area (Å²) in [4.78, 5) is 0. The zero-order valence-corrected chi connectivity index (χ0v) is 28.2. The van der Waals surface area contributed by atoms with Gasteiger partial charge in [-0.2, -0.15) is 0 Å². The molecule has 0 bridgehead atoms. The Morgan fingerprint density at radius 2 is 1.02 bits per heavy atom. The summed E-state index contributed by atoms with van der Waals surface area (Å²) in [6.07, 6.45) is 0. The highest BCUT2D eigenvalue weighted by molar-refractivity contribution is 6.19. The fraction of sp³-hybridized carbons (Fsp3) is 0.0196. The van der Waals surface area contributed by atoms with Crippen LogP contribution in [0.25, 0.3) is 88.0 Å². The second-order valence-electron chi connectivity index (χ2n) is 14.3. The highest BCUT2D eigenvalue weighted by Gasteiger charge is 2.52. The standard InChI is InChI=1S/C51H30O/c1-2-12-31(13-3-1)34-18-10-20-40-37(34)28-29-45-48(40)41-26-25-33(30-46(41)51(45)43-21-8-6-16-38(43)39-17-7-9-22-44(39)51)35-19-11-23-47-49(35)42-27-24-32-14-4-5-15-36(32)50(42)52-47/h1-30H. The molecule has 1 spiro atoms. The maximum absolute atomic E-state index is 6.65. The van der Waals surface area contributed by atoms with Crippen molar-refractivity contribution in [2.24, 2.45) is 0 Å². The van der Waals surface area contributed by atoms with Crippen LogP contribution >= 0.6 is 0 Å². The van der Waals surface area contributed by atoms with Gasteiger partial charge in [-0.25, -0.2) is 0 Å². The van der Waals surface area contributed by atoms with Gasteiger partial charge in [0.15, 0.2) is 0 Å². The number of benzene rings is 9. The first-order chi connectivity index (χ1) is 25.8. The SMILES string of the molecule is c1ccc(-c2cccc3c4c(ccc23)C2(c3ccccc3-c3ccccc32)c2cc(-c3cccc5oc6c7ccccc7ccc6c35)ccc2-4)cc1. The number of fused-ring (bicyclic) bond motifs is 17. The Morgan fingerprint density at radius 1 is 0.346 bits per heavy atom. The molecule has 9 aromatic carbocycles. The topological polar surface area (TPSA) is 13.1 Å². The molecule has 2 aliphatic rings. The Labute approximate surface area is 301 Å². The molecule has 240 valence electrons. The van der Waals surface area contributed by atoms with Crippen molar-refractivity contribution in [2.75, 3.05) is 0 Å². The van der Waals surface area contributed by atoms with Crippen LogP contribution in [0.3, 0.4) is 0 Å². The van der Waals surface area contributed by atoms with Crippen LogP contribution in [0.4, 0.5) is 0 Å². The van der Waals surface area contributed by atoms with Gasteiger partial charge in [0, 0.05) is 16.2 Å². The van der Waals surface area contributed by atoms with Gasteiger partial charge in [0.25, 0.3) is 0 Å². The van der Waals surface area contributed by atoms with Gasteiger partial charge in [-0.05, 0) is 101 Å². The third-order valence-corrected chi connectivity index (χ3v) is 11.9. The molecule has 1 nitrogen and oxygen atoms in total. The van der Waals surface area contributed by atoms with Crippen molar-refractivity contribution >= 4 is 43.5 Å². The summed E-state index contributed by atoms with van der Waals surface area (Å²) < 4.78 is 6.65. The lowest BCUT2D eigenvalue weighted by Crippen LogP contribution is -2.25. The lowest BCUT2D eigenvalue weighted by molar-refractivity contribution is 0.673. The van der Waals surface area contributed by atoms with Crippen LogP contribution in [0.15, 0.2) is 186 Å². The minimum atomic E-state index is -0.451. The van der Waals surface area contributed by atoms with Crippen molar-refractivity contribution in [3.63, 3.8) is 0 Å². The van der Waals surface area contributed by atoms with Gasteiger partial charge >= 0.3 is 0 Å². The van der Waals surface area contributed by atoms with Gasteiger partial charge in [0.05, 0.1) is 5.41 Å². The van der Waals surface area contributed by atoms with E-state index in [0.29, 0.717) is 0 Å². The Hall–Kier alpha value is -6.70. The zero-order chi connectivity index (χ0) is 34.0. The van der Waals surface area contributed by atoms with Gasteiger partial charge in [-0.15, -0.1) is 0 Å². The summed E-state index contributed by atoms with van der Waals surface area (Å²) in [7, 11) is 0. The van der Waals surface area contributed by atoms with Crippen molar-refractivity contribution in [3.8, 4) is 44.5 Å². The predicted molar refractivity (Wildman–Crippen MR) is 216 cm³/mol. The third-order valence-electron chi connectivity index (χ3n) is 11.9. The lowest BCUT2D eigenvalue weighted by Gasteiger charge is -2.31. The van der Waals surface area contributed by atoms with E-state index in [-0.39, 0.29) is 0 Å². The molecule has 52 heavy (non-hydrogen) atoms. The monoisotopic (exact) mass is 658 g/mol. The largest absolute Gasteiger partial charge is 0.455 e. The van der Waals surface area contributed by atoms with E-state index in [9.17, 15) is 0 Å². The summed E-state index contributed by atoms with van der Waals surface area (Å²) in [6.45, 7) is 0. The van der Waals surface area contributed by atoms with Crippen molar-refractivity contribution in [1.82, 2.24) is 0 Å².